The minimum atomic E-state index is -0.0861. The van der Waals surface area contributed by atoms with E-state index in [0.29, 0.717) is 24.1 Å². The Labute approximate surface area is 133 Å². The molecule has 2 rings (SSSR count). The molecule has 2 heterocycles. The molecule has 0 radical (unpaired) electrons. The molecule has 22 heavy (non-hydrogen) atoms. The summed E-state index contributed by atoms with van der Waals surface area (Å²) in [6.07, 6.45) is 1.76. The van der Waals surface area contributed by atoms with E-state index < -0.39 is 0 Å². The second-order valence-electron chi connectivity index (χ2n) is 4.75. The van der Waals surface area contributed by atoms with Crippen LogP contribution in [0, 0.1) is 13.8 Å². The van der Waals surface area contributed by atoms with Gasteiger partial charge in [0.2, 0.25) is 0 Å². The van der Waals surface area contributed by atoms with Crippen LogP contribution in [0.2, 0.25) is 0 Å². The molecule has 0 bridgehead atoms. The van der Waals surface area contributed by atoms with Gasteiger partial charge in [0, 0.05) is 19.3 Å². The maximum Gasteiger partial charge on any atom is 0.257 e. The Balaban J connectivity index is 2.09. The van der Waals surface area contributed by atoms with Gasteiger partial charge in [0.05, 0.1) is 11.4 Å². The Hall–Kier alpha value is -1.93. The van der Waals surface area contributed by atoms with E-state index >= 15 is 0 Å². The number of ether oxygens (including phenoxy) is 1. The van der Waals surface area contributed by atoms with E-state index in [4.69, 9.17) is 4.74 Å². The Morgan fingerprint density at radius 3 is 2.82 bits per heavy atom. The van der Waals surface area contributed by atoms with E-state index in [-0.39, 0.29) is 11.7 Å². The quantitative estimate of drug-likeness (QED) is 0.572. The molecule has 2 aromatic rings. The minimum absolute atomic E-state index is 0.0861. The van der Waals surface area contributed by atoms with Crippen LogP contribution < -0.4 is 0 Å². The minimum Gasteiger partial charge on any atom is -0.377 e. The van der Waals surface area contributed by atoms with Crippen molar-refractivity contribution in [2.75, 3.05) is 12.9 Å². The predicted octanol–water partition coefficient (Wildman–Crippen LogP) is 1.86. The molecular formula is C14H19N5O2S. The first kappa shape index (κ1) is 16.4. The summed E-state index contributed by atoms with van der Waals surface area (Å²) in [7, 11) is 1.60. The molecule has 0 N–H and O–H groups in total. The zero-order valence-electron chi connectivity index (χ0n) is 12.9. The van der Waals surface area contributed by atoms with Gasteiger partial charge >= 0.3 is 0 Å². The molecule has 0 spiro atoms. The SMILES string of the molecule is C=CCn1c(COC)nnc1SCC(=O)n1nc(C)cc1C. The number of hydrogen-bond acceptors (Lipinski definition) is 6. The highest BCUT2D eigenvalue weighted by atomic mass is 32.2. The molecule has 7 nitrogen and oxygen atoms in total. The lowest BCUT2D eigenvalue weighted by molar-refractivity contribution is 0.0923. The van der Waals surface area contributed by atoms with E-state index in [1.807, 2.05) is 24.5 Å². The number of aryl methyl sites for hydroxylation is 2. The molecule has 0 fully saturated rings. The summed E-state index contributed by atoms with van der Waals surface area (Å²) in [5.74, 6) is 0.866. The van der Waals surface area contributed by atoms with Crippen molar-refractivity contribution in [2.45, 2.75) is 32.2 Å². The van der Waals surface area contributed by atoms with Crippen molar-refractivity contribution < 1.29 is 9.53 Å². The highest BCUT2D eigenvalue weighted by molar-refractivity contribution is 7.99. The van der Waals surface area contributed by atoms with Crippen LogP contribution in [0.5, 0.6) is 0 Å². The molecule has 0 saturated carbocycles. The molecule has 0 aliphatic carbocycles. The van der Waals surface area contributed by atoms with Gasteiger partial charge in [-0.25, -0.2) is 4.68 Å². The smallest absolute Gasteiger partial charge is 0.257 e. The largest absolute Gasteiger partial charge is 0.377 e. The summed E-state index contributed by atoms with van der Waals surface area (Å²) in [6, 6.07) is 1.87. The zero-order chi connectivity index (χ0) is 16.1. The maximum absolute atomic E-state index is 12.2. The fraction of sp³-hybridized carbons (Fsp3) is 0.429. The number of carbonyl (C=O) groups is 1. The number of nitrogens with zero attached hydrogens (tertiary/aromatic N) is 5. The lowest BCUT2D eigenvalue weighted by atomic mass is 10.4. The van der Waals surface area contributed by atoms with Crippen LogP contribution in [-0.4, -0.2) is 43.3 Å². The van der Waals surface area contributed by atoms with Crippen molar-refractivity contribution in [2.24, 2.45) is 0 Å². The number of carbonyl (C=O) groups excluding carboxylic acids is 1. The number of rotatable bonds is 7. The lowest BCUT2D eigenvalue weighted by Crippen LogP contribution is -2.17. The molecule has 0 atom stereocenters. The van der Waals surface area contributed by atoms with Crippen LogP contribution in [0.1, 0.15) is 22.0 Å². The summed E-state index contributed by atoms with van der Waals surface area (Å²) in [5, 5.41) is 13.1. The van der Waals surface area contributed by atoms with Gasteiger partial charge in [-0.3, -0.25) is 4.79 Å². The molecule has 0 saturated heterocycles. The normalized spacial score (nSPS) is 10.9. The molecule has 118 valence electrons. The highest BCUT2D eigenvalue weighted by Gasteiger charge is 2.15. The van der Waals surface area contributed by atoms with Gasteiger partial charge in [-0.05, 0) is 19.9 Å². The Morgan fingerprint density at radius 2 is 2.23 bits per heavy atom. The fourth-order valence-electron chi connectivity index (χ4n) is 2.04. The Morgan fingerprint density at radius 1 is 1.45 bits per heavy atom. The Kier molecular flexibility index (Phi) is 5.51. The van der Waals surface area contributed by atoms with Crippen molar-refractivity contribution in [3.05, 3.63) is 35.9 Å². The van der Waals surface area contributed by atoms with Crippen molar-refractivity contribution in [3.63, 3.8) is 0 Å². The number of thioether (sulfide) groups is 1. The molecular weight excluding hydrogens is 302 g/mol. The summed E-state index contributed by atoms with van der Waals surface area (Å²) in [5.41, 5.74) is 1.66. The van der Waals surface area contributed by atoms with Gasteiger partial charge in [-0.2, -0.15) is 5.10 Å². The van der Waals surface area contributed by atoms with Crippen molar-refractivity contribution in [1.82, 2.24) is 24.5 Å². The van der Waals surface area contributed by atoms with Gasteiger partial charge in [-0.15, -0.1) is 16.8 Å². The van der Waals surface area contributed by atoms with Crippen molar-refractivity contribution in [3.8, 4) is 0 Å². The molecule has 0 aliphatic heterocycles. The summed E-state index contributed by atoms with van der Waals surface area (Å²) >= 11 is 1.33. The first-order valence-corrected chi connectivity index (χ1v) is 7.76. The van der Waals surface area contributed by atoms with Crippen LogP contribution in [0.25, 0.3) is 0 Å². The maximum atomic E-state index is 12.2. The highest BCUT2D eigenvalue weighted by Crippen LogP contribution is 2.18. The monoisotopic (exact) mass is 321 g/mol. The number of hydrogen-bond donors (Lipinski definition) is 0. The standard InChI is InChI=1S/C14H19N5O2S/c1-5-6-18-12(8-21-4)15-16-14(18)22-9-13(20)19-11(3)7-10(2)17-19/h5,7H,1,6,8-9H2,2-4H3. The average molecular weight is 321 g/mol. The van der Waals surface area contributed by atoms with Gasteiger partial charge in [0.25, 0.3) is 5.91 Å². The topological polar surface area (TPSA) is 74.8 Å². The molecule has 2 aromatic heterocycles. The van der Waals surface area contributed by atoms with Crippen LogP contribution >= 0.6 is 11.8 Å². The first-order valence-electron chi connectivity index (χ1n) is 6.78. The third-order valence-corrected chi connectivity index (χ3v) is 3.90. The molecule has 0 aliphatic rings. The number of allylic oxidation sites excluding steroid dienone is 1. The van der Waals surface area contributed by atoms with E-state index in [1.54, 1.807) is 13.2 Å². The molecule has 0 unspecified atom stereocenters. The molecule has 0 aromatic carbocycles. The average Bonchev–Trinajstić information content (AvgIpc) is 3.01. The lowest BCUT2D eigenvalue weighted by Gasteiger charge is -2.07. The van der Waals surface area contributed by atoms with Crippen molar-refractivity contribution >= 4 is 17.7 Å². The fourth-order valence-corrected chi connectivity index (χ4v) is 2.85. The van der Waals surface area contributed by atoms with Gasteiger partial charge in [0.15, 0.2) is 11.0 Å². The van der Waals surface area contributed by atoms with Crippen molar-refractivity contribution in [1.29, 1.82) is 0 Å². The summed E-state index contributed by atoms with van der Waals surface area (Å²) in [6.45, 7) is 8.39. The summed E-state index contributed by atoms with van der Waals surface area (Å²) < 4.78 is 8.40. The van der Waals surface area contributed by atoms with E-state index in [1.165, 1.54) is 16.4 Å². The number of methoxy groups -OCH3 is 1. The number of aromatic nitrogens is 5. The third-order valence-electron chi connectivity index (χ3n) is 2.95. The summed E-state index contributed by atoms with van der Waals surface area (Å²) in [4.78, 5) is 12.2. The van der Waals surface area contributed by atoms with E-state index in [2.05, 4.69) is 21.9 Å². The predicted molar refractivity (Wildman–Crippen MR) is 84.0 cm³/mol. The Bertz CT molecular complexity index is 677. The van der Waals surface area contributed by atoms with E-state index in [9.17, 15) is 4.79 Å². The van der Waals surface area contributed by atoms with Crippen LogP contribution in [0.15, 0.2) is 23.9 Å². The van der Waals surface area contributed by atoms with Gasteiger partial charge in [-0.1, -0.05) is 17.8 Å². The molecule has 0 amide bonds. The second-order valence-corrected chi connectivity index (χ2v) is 5.69. The van der Waals surface area contributed by atoms with Gasteiger partial charge < -0.3 is 9.30 Å². The molecule has 8 heteroatoms. The van der Waals surface area contributed by atoms with Crippen LogP contribution in [0.4, 0.5) is 0 Å². The first-order chi connectivity index (χ1) is 10.6. The third kappa shape index (κ3) is 3.63. The van der Waals surface area contributed by atoms with Crippen LogP contribution in [-0.2, 0) is 17.9 Å². The zero-order valence-corrected chi connectivity index (χ0v) is 13.8. The van der Waals surface area contributed by atoms with Gasteiger partial charge in [0.1, 0.15) is 6.61 Å². The van der Waals surface area contributed by atoms with E-state index in [0.717, 1.165) is 11.4 Å². The second kappa shape index (κ2) is 7.37. The van der Waals surface area contributed by atoms with Crippen LogP contribution in [0.3, 0.4) is 0 Å².